The minimum atomic E-state index is -0.334. The van der Waals surface area contributed by atoms with Crippen molar-refractivity contribution >= 4 is 5.91 Å². The van der Waals surface area contributed by atoms with E-state index >= 15 is 0 Å². The number of carbonyl (C=O) groups excluding carboxylic acids is 1. The van der Waals surface area contributed by atoms with Crippen LogP contribution >= 0.6 is 0 Å². The summed E-state index contributed by atoms with van der Waals surface area (Å²) >= 11 is 0. The Kier molecular flexibility index (Phi) is 4.86. The number of aromatic nitrogens is 2. The van der Waals surface area contributed by atoms with Crippen molar-refractivity contribution in [2.75, 3.05) is 19.7 Å². The third-order valence-electron chi connectivity index (χ3n) is 3.00. The van der Waals surface area contributed by atoms with Gasteiger partial charge >= 0.3 is 0 Å². The second-order valence-electron chi connectivity index (χ2n) is 4.58. The molecule has 1 amide bonds. The number of hydrogen-bond acceptors (Lipinski definition) is 6. The smallest absolute Gasteiger partial charge is 0.292 e. The standard InChI is InChI=1S/C12H20N4O3/c1-3-18-8(2)7-14-11(17)10-15-12(19-16-10)9-5-4-6-13-9/h8-9,13H,3-7H2,1-2H3,(H,14,17). The Balaban J connectivity index is 1.85. The summed E-state index contributed by atoms with van der Waals surface area (Å²) in [5, 5.41) is 9.67. The zero-order valence-corrected chi connectivity index (χ0v) is 11.3. The van der Waals surface area contributed by atoms with Crippen molar-refractivity contribution in [1.82, 2.24) is 20.8 Å². The minimum absolute atomic E-state index is 0.0307. The van der Waals surface area contributed by atoms with Gasteiger partial charge in [0.05, 0.1) is 12.1 Å². The molecule has 1 fully saturated rings. The third kappa shape index (κ3) is 3.74. The average molecular weight is 268 g/mol. The predicted molar refractivity (Wildman–Crippen MR) is 67.7 cm³/mol. The molecule has 7 nitrogen and oxygen atoms in total. The van der Waals surface area contributed by atoms with E-state index in [4.69, 9.17) is 9.26 Å². The van der Waals surface area contributed by atoms with Gasteiger partial charge in [0.1, 0.15) is 0 Å². The van der Waals surface area contributed by atoms with Crippen LogP contribution in [0.5, 0.6) is 0 Å². The van der Waals surface area contributed by atoms with Gasteiger partial charge in [-0.25, -0.2) is 0 Å². The first-order valence-corrected chi connectivity index (χ1v) is 6.67. The zero-order chi connectivity index (χ0) is 13.7. The molecular formula is C12H20N4O3. The van der Waals surface area contributed by atoms with Gasteiger partial charge in [0, 0.05) is 13.2 Å². The molecule has 7 heteroatoms. The second-order valence-corrected chi connectivity index (χ2v) is 4.58. The lowest BCUT2D eigenvalue weighted by Crippen LogP contribution is -2.32. The number of amides is 1. The molecule has 1 aromatic rings. The van der Waals surface area contributed by atoms with E-state index in [1.807, 2.05) is 13.8 Å². The van der Waals surface area contributed by atoms with Crippen LogP contribution in [0.15, 0.2) is 4.52 Å². The molecule has 1 aromatic heterocycles. The number of nitrogens with zero attached hydrogens (tertiary/aromatic N) is 2. The van der Waals surface area contributed by atoms with Crippen molar-refractivity contribution in [3.63, 3.8) is 0 Å². The Hall–Kier alpha value is -1.47. The maximum absolute atomic E-state index is 11.8. The summed E-state index contributed by atoms with van der Waals surface area (Å²) in [6.07, 6.45) is 2.02. The Morgan fingerprint density at radius 1 is 1.68 bits per heavy atom. The molecule has 2 atom stereocenters. The van der Waals surface area contributed by atoms with Gasteiger partial charge in [0.25, 0.3) is 11.7 Å². The van der Waals surface area contributed by atoms with Gasteiger partial charge in [-0.2, -0.15) is 4.98 Å². The summed E-state index contributed by atoms with van der Waals surface area (Å²) in [5.74, 6) is 0.229. The monoisotopic (exact) mass is 268 g/mol. The molecule has 1 saturated heterocycles. The van der Waals surface area contributed by atoms with Crippen LogP contribution in [0.2, 0.25) is 0 Å². The van der Waals surface area contributed by atoms with Crippen LogP contribution in [0, 0.1) is 0 Å². The van der Waals surface area contributed by atoms with Gasteiger partial charge in [0.15, 0.2) is 0 Å². The number of ether oxygens (including phenoxy) is 1. The van der Waals surface area contributed by atoms with Crippen LogP contribution in [-0.4, -0.2) is 41.8 Å². The number of hydrogen-bond donors (Lipinski definition) is 2. The summed E-state index contributed by atoms with van der Waals surface area (Å²) in [7, 11) is 0. The van der Waals surface area contributed by atoms with Gasteiger partial charge in [-0.05, 0) is 33.2 Å². The highest BCUT2D eigenvalue weighted by molar-refractivity contribution is 5.90. The normalized spacial score (nSPS) is 20.4. The molecule has 106 valence electrons. The molecule has 2 rings (SSSR count). The van der Waals surface area contributed by atoms with Gasteiger partial charge in [-0.3, -0.25) is 4.79 Å². The topological polar surface area (TPSA) is 89.3 Å². The third-order valence-corrected chi connectivity index (χ3v) is 3.00. The van der Waals surface area contributed by atoms with E-state index in [2.05, 4.69) is 20.8 Å². The highest BCUT2D eigenvalue weighted by atomic mass is 16.5. The molecule has 0 aliphatic carbocycles. The molecule has 0 radical (unpaired) electrons. The molecule has 0 saturated carbocycles. The van der Waals surface area contributed by atoms with E-state index in [9.17, 15) is 4.79 Å². The van der Waals surface area contributed by atoms with E-state index in [0.717, 1.165) is 19.4 Å². The minimum Gasteiger partial charge on any atom is -0.377 e. The Labute approximate surface area is 112 Å². The first-order chi connectivity index (χ1) is 9.20. The fraction of sp³-hybridized carbons (Fsp3) is 0.750. The van der Waals surface area contributed by atoms with Crippen molar-refractivity contribution in [1.29, 1.82) is 0 Å². The predicted octanol–water partition coefficient (Wildman–Crippen LogP) is 0.649. The Bertz CT molecular complexity index is 415. The Morgan fingerprint density at radius 3 is 3.21 bits per heavy atom. The van der Waals surface area contributed by atoms with E-state index in [0.29, 0.717) is 19.0 Å². The van der Waals surface area contributed by atoms with Gasteiger partial charge in [-0.1, -0.05) is 5.16 Å². The Morgan fingerprint density at radius 2 is 2.53 bits per heavy atom. The molecular weight excluding hydrogens is 248 g/mol. The quantitative estimate of drug-likeness (QED) is 0.787. The summed E-state index contributed by atoms with van der Waals surface area (Å²) in [5.41, 5.74) is 0. The highest BCUT2D eigenvalue weighted by Crippen LogP contribution is 2.20. The lowest BCUT2D eigenvalue weighted by molar-refractivity contribution is 0.0690. The second kappa shape index (κ2) is 6.63. The van der Waals surface area contributed by atoms with Gasteiger partial charge in [0.2, 0.25) is 5.89 Å². The summed E-state index contributed by atoms with van der Waals surface area (Å²) < 4.78 is 10.4. The molecule has 2 heterocycles. The van der Waals surface area contributed by atoms with E-state index in [-0.39, 0.29) is 23.9 Å². The summed E-state index contributed by atoms with van der Waals surface area (Å²) in [6.45, 7) is 5.81. The largest absolute Gasteiger partial charge is 0.377 e. The fourth-order valence-corrected chi connectivity index (χ4v) is 2.02. The van der Waals surface area contributed by atoms with E-state index in [1.54, 1.807) is 0 Å². The zero-order valence-electron chi connectivity index (χ0n) is 11.3. The van der Waals surface area contributed by atoms with Crippen LogP contribution in [0.4, 0.5) is 0 Å². The first kappa shape index (κ1) is 14.0. The van der Waals surface area contributed by atoms with Crippen molar-refractivity contribution in [3.8, 4) is 0 Å². The van der Waals surface area contributed by atoms with Crippen molar-refractivity contribution < 1.29 is 14.1 Å². The molecule has 0 bridgehead atoms. The van der Waals surface area contributed by atoms with E-state index in [1.165, 1.54) is 0 Å². The van der Waals surface area contributed by atoms with Gasteiger partial charge < -0.3 is 19.9 Å². The SMILES string of the molecule is CCOC(C)CNC(=O)c1noc(C2CCCN2)n1. The number of carbonyl (C=O) groups is 1. The molecule has 19 heavy (non-hydrogen) atoms. The molecule has 2 unspecified atom stereocenters. The van der Waals surface area contributed by atoms with Crippen LogP contribution in [-0.2, 0) is 4.74 Å². The summed E-state index contributed by atoms with van der Waals surface area (Å²) in [6, 6.07) is 0.0800. The van der Waals surface area contributed by atoms with Crippen LogP contribution in [0.3, 0.4) is 0 Å². The first-order valence-electron chi connectivity index (χ1n) is 6.67. The van der Waals surface area contributed by atoms with Gasteiger partial charge in [-0.15, -0.1) is 0 Å². The van der Waals surface area contributed by atoms with Crippen molar-refractivity contribution in [2.45, 2.75) is 38.8 Å². The van der Waals surface area contributed by atoms with E-state index < -0.39 is 0 Å². The lowest BCUT2D eigenvalue weighted by Gasteiger charge is -2.11. The molecule has 2 N–H and O–H groups in total. The van der Waals surface area contributed by atoms with Crippen LogP contribution in [0.25, 0.3) is 0 Å². The maximum Gasteiger partial charge on any atom is 0.292 e. The molecule has 0 spiro atoms. The number of rotatable bonds is 6. The maximum atomic E-state index is 11.8. The van der Waals surface area contributed by atoms with Crippen LogP contribution in [0.1, 0.15) is 49.2 Å². The number of nitrogens with one attached hydrogen (secondary N) is 2. The lowest BCUT2D eigenvalue weighted by atomic mass is 10.2. The molecule has 0 aromatic carbocycles. The van der Waals surface area contributed by atoms with Crippen LogP contribution < -0.4 is 10.6 Å². The fourth-order valence-electron chi connectivity index (χ4n) is 2.02. The summed E-state index contributed by atoms with van der Waals surface area (Å²) in [4.78, 5) is 15.9. The van der Waals surface area contributed by atoms with Crippen molar-refractivity contribution in [2.24, 2.45) is 0 Å². The highest BCUT2D eigenvalue weighted by Gasteiger charge is 2.24. The average Bonchev–Trinajstić information content (AvgIpc) is 3.06. The van der Waals surface area contributed by atoms with Crippen molar-refractivity contribution in [3.05, 3.63) is 11.7 Å². The molecule has 1 aliphatic heterocycles. The molecule has 1 aliphatic rings.